The number of amides is 3. The van der Waals surface area contributed by atoms with Crippen molar-refractivity contribution in [2.75, 3.05) is 11.9 Å². The number of aryl methyl sites for hydroxylation is 2. The molecule has 0 spiro atoms. The Labute approximate surface area is 129 Å². The molecule has 1 fully saturated rings. The Morgan fingerprint density at radius 2 is 1.95 bits per heavy atom. The second-order valence-corrected chi connectivity index (χ2v) is 5.75. The Hall–Kier alpha value is -2.37. The van der Waals surface area contributed by atoms with Gasteiger partial charge in [0.15, 0.2) is 6.61 Å². The number of esters is 1. The number of anilines is 1. The van der Waals surface area contributed by atoms with Crippen LogP contribution in [-0.4, -0.2) is 24.5 Å². The Balaban J connectivity index is 1.76. The molecule has 1 aliphatic rings. The highest BCUT2D eigenvalue weighted by Crippen LogP contribution is 2.38. The highest BCUT2D eigenvalue weighted by Gasteiger charge is 2.40. The second kappa shape index (κ2) is 6.60. The number of ether oxygens (including phenoxy) is 1. The Morgan fingerprint density at radius 1 is 1.27 bits per heavy atom. The van der Waals surface area contributed by atoms with Gasteiger partial charge in [-0.25, -0.2) is 4.79 Å². The topological polar surface area (TPSA) is 84.5 Å². The minimum atomic E-state index is -0.649. The van der Waals surface area contributed by atoms with Gasteiger partial charge in [0.05, 0.1) is 5.92 Å². The van der Waals surface area contributed by atoms with Crippen molar-refractivity contribution in [1.82, 2.24) is 5.32 Å². The molecule has 1 aromatic rings. The first-order valence-corrected chi connectivity index (χ1v) is 7.21. The molecule has 1 saturated carbocycles. The third kappa shape index (κ3) is 4.31. The van der Waals surface area contributed by atoms with Gasteiger partial charge in [0, 0.05) is 5.69 Å². The van der Waals surface area contributed by atoms with E-state index in [1.807, 2.05) is 32.9 Å². The van der Waals surface area contributed by atoms with Gasteiger partial charge < -0.3 is 10.1 Å². The van der Waals surface area contributed by atoms with Crippen molar-refractivity contribution in [3.05, 3.63) is 29.3 Å². The van der Waals surface area contributed by atoms with E-state index in [9.17, 15) is 14.4 Å². The number of imide groups is 1. The minimum Gasteiger partial charge on any atom is -0.455 e. The molecule has 0 radical (unpaired) electrons. The van der Waals surface area contributed by atoms with Crippen molar-refractivity contribution in [2.45, 2.75) is 27.2 Å². The lowest BCUT2D eigenvalue weighted by Gasteiger charge is -2.10. The zero-order chi connectivity index (χ0) is 16.3. The molecule has 118 valence electrons. The zero-order valence-electron chi connectivity index (χ0n) is 12.9. The van der Waals surface area contributed by atoms with Crippen molar-refractivity contribution in [2.24, 2.45) is 11.8 Å². The van der Waals surface area contributed by atoms with Crippen LogP contribution in [0.2, 0.25) is 0 Å². The fourth-order valence-corrected chi connectivity index (χ4v) is 2.16. The number of hydrogen-bond donors (Lipinski definition) is 2. The van der Waals surface area contributed by atoms with E-state index < -0.39 is 18.5 Å². The number of rotatable bonds is 4. The van der Waals surface area contributed by atoms with E-state index >= 15 is 0 Å². The molecule has 0 bridgehead atoms. The second-order valence-electron chi connectivity index (χ2n) is 5.75. The predicted octanol–water partition coefficient (Wildman–Crippen LogP) is 2.15. The molecule has 1 aromatic carbocycles. The van der Waals surface area contributed by atoms with Gasteiger partial charge in [0.2, 0.25) is 0 Å². The molecule has 0 aliphatic heterocycles. The number of nitrogens with one attached hydrogen (secondary N) is 2. The van der Waals surface area contributed by atoms with Gasteiger partial charge in [-0.15, -0.1) is 0 Å². The monoisotopic (exact) mass is 304 g/mol. The van der Waals surface area contributed by atoms with Crippen molar-refractivity contribution >= 4 is 23.6 Å². The molecule has 0 unspecified atom stereocenters. The van der Waals surface area contributed by atoms with Gasteiger partial charge in [-0.05, 0) is 37.8 Å². The standard InChI is InChI=1S/C16H20N2O4/c1-9-4-5-13(11(3)6-9)17-16(21)18-14(19)8-22-15(20)12-7-10(12)2/h4-6,10,12H,7-8H2,1-3H3,(H2,17,18,19,21)/t10-,12+/m1/s1. The van der Waals surface area contributed by atoms with E-state index in [1.54, 1.807) is 6.07 Å². The van der Waals surface area contributed by atoms with Crippen LogP contribution in [0.25, 0.3) is 0 Å². The van der Waals surface area contributed by atoms with Crippen LogP contribution in [-0.2, 0) is 14.3 Å². The number of carbonyl (C=O) groups is 3. The fourth-order valence-electron chi connectivity index (χ4n) is 2.16. The molecule has 2 atom stereocenters. The number of carbonyl (C=O) groups excluding carboxylic acids is 3. The summed E-state index contributed by atoms with van der Waals surface area (Å²) in [6.45, 7) is 5.32. The van der Waals surface area contributed by atoms with Gasteiger partial charge >= 0.3 is 12.0 Å². The first-order valence-electron chi connectivity index (χ1n) is 7.21. The van der Waals surface area contributed by atoms with E-state index in [2.05, 4.69) is 10.6 Å². The Bertz CT molecular complexity index is 612. The maximum absolute atomic E-state index is 11.7. The molecule has 6 nitrogen and oxygen atoms in total. The van der Waals surface area contributed by atoms with Crippen LogP contribution in [0.3, 0.4) is 0 Å². The van der Waals surface area contributed by atoms with Gasteiger partial charge in [0.1, 0.15) is 0 Å². The van der Waals surface area contributed by atoms with Crippen molar-refractivity contribution in [3.63, 3.8) is 0 Å². The van der Waals surface area contributed by atoms with Crippen LogP contribution in [0.5, 0.6) is 0 Å². The Morgan fingerprint density at radius 3 is 2.55 bits per heavy atom. The third-order valence-electron chi connectivity index (χ3n) is 3.64. The normalized spacial score (nSPS) is 19.2. The lowest BCUT2D eigenvalue weighted by molar-refractivity contribution is -0.149. The van der Waals surface area contributed by atoms with Crippen molar-refractivity contribution < 1.29 is 19.1 Å². The summed E-state index contributed by atoms with van der Waals surface area (Å²) >= 11 is 0. The number of urea groups is 1. The fraction of sp³-hybridized carbons (Fsp3) is 0.438. The molecule has 2 rings (SSSR count). The minimum absolute atomic E-state index is 0.100. The largest absolute Gasteiger partial charge is 0.455 e. The van der Waals surface area contributed by atoms with Crippen LogP contribution in [0, 0.1) is 25.7 Å². The lowest BCUT2D eigenvalue weighted by Crippen LogP contribution is -2.37. The maximum Gasteiger partial charge on any atom is 0.325 e. The summed E-state index contributed by atoms with van der Waals surface area (Å²) in [5, 5.41) is 4.72. The van der Waals surface area contributed by atoms with Crippen LogP contribution >= 0.6 is 0 Å². The number of hydrogen-bond acceptors (Lipinski definition) is 4. The first kappa shape index (κ1) is 16.0. The van der Waals surface area contributed by atoms with Crippen LogP contribution in [0.1, 0.15) is 24.5 Å². The molecule has 1 aliphatic carbocycles. The number of benzene rings is 1. The summed E-state index contributed by atoms with van der Waals surface area (Å²) in [4.78, 5) is 34.8. The molecular formula is C16H20N2O4. The summed E-state index contributed by atoms with van der Waals surface area (Å²) in [6, 6.07) is 4.91. The summed E-state index contributed by atoms with van der Waals surface area (Å²) < 4.78 is 4.86. The summed E-state index contributed by atoms with van der Waals surface area (Å²) in [7, 11) is 0. The molecule has 0 heterocycles. The van der Waals surface area contributed by atoms with Crippen LogP contribution < -0.4 is 10.6 Å². The third-order valence-corrected chi connectivity index (χ3v) is 3.64. The van der Waals surface area contributed by atoms with E-state index in [0.717, 1.165) is 17.5 Å². The average molecular weight is 304 g/mol. The van der Waals surface area contributed by atoms with E-state index in [4.69, 9.17) is 4.74 Å². The predicted molar refractivity (Wildman–Crippen MR) is 81.3 cm³/mol. The van der Waals surface area contributed by atoms with Crippen LogP contribution in [0.15, 0.2) is 18.2 Å². The van der Waals surface area contributed by atoms with Gasteiger partial charge in [-0.1, -0.05) is 24.6 Å². The molecule has 0 aromatic heterocycles. The van der Waals surface area contributed by atoms with E-state index in [0.29, 0.717) is 11.6 Å². The molecule has 6 heteroatoms. The smallest absolute Gasteiger partial charge is 0.325 e. The zero-order valence-corrected chi connectivity index (χ0v) is 12.9. The van der Waals surface area contributed by atoms with E-state index in [1.165, 1.54) is 0 Å². The van der Waals surface area contributed by atoms with Crippen molar-refractivity contribution in [3.8, 4) is 0 Å². The Kier molecular flexibility index (Phi) is 4.80. The molecule has 3 amide bonds. The lowest BCUT2D eigenvalue weighted by atomic mass is 10.1. The summed E-state index contributed by atoms with van der Waals surface area (Å²) in [6.07, 6.45) is 0.799. The SMILES string of the molecule is Cc1ccc(NC(=O)NC(=O)COC(=O)[C@H]2C[C@H]2C)c(C)c1. The molecule has 2 N–H and O–H groups in total. The van der Waals surface area contributed by atoms with Gasteiger partial charge in [-0.3, -0.25) is 14.9 Å². The average Bonchev–Trinajstić information content (AvgIpc) is 3.16. The molecular weight excluding hydrogens is 284 g/mol. The van der Waals surface area contributed by atoms with Gasteiger partial charge in [-0.2, -0.15) is 0 Å². The highest BCUT2D eigenvalue weighted by molar-refractivity contribution is 6.02. The van der Waals surface area contributed by atoms with Crippen LogP contribution in [0.4, 0.5) is 10.5 Å². The first-order chi connectivity index (χ1) is 10.4. The van der Waals surface area contributed by atoms with E-state index in [-0.39, 0.29) is 11.9 Å². The summed E-state index contributed by atoms with van der Waals surface area (Å²) in [5.74, 6) is -0.804. The quantitative estimate of drug-likeness (QED) is 0.835. The highest BCUT2D eigenvalue weighted by atomic mass is 16.5. The van der Waals surface area contributed by atoms with Gasteiger partial charge in [0.25, 0.3) is 5.91 Å². The maximum atomic E-state index is 11.7. The molecule has 0 saturated heterocycles. The van der Waals surface area contributed by atoms with Crippen molar-refractivity contribution in [1.29, 1.82) is 0 Å². The summed E-state index contributed by atoms with van der Waals surface area (Å²) in [5.41, 5.74) is 2.61. The molecule has 22 heavy (non-hydrogen) atoms.